The van der Waals surface area contributed by atoms with Gasteiger partial charge in [-0.3, -0.25) is 0 Å². The third-order valence-electron chi connectivity index (χ3n) is 3.47. The molecule has 1 atom stereocenters. The summed E-state index contributed by atoms with van der Waals surface area (Å²) in [7, 11) is 0. The first-order chi connectivity index (χ1) is 10.2. The molecule has 4 heteroatoms. The van der Waals surface area contributed by atoms with E-state index in [1.165, 1.54) is 11.1 Å². The van der Waals surface area contributed by atoms with Crippen LogP contribution in [0.5, 0.6) is 0 Å². The lowest BCUT2D eigenvalue weighted by atomic mass is 9.96. The fraction of sp³-hybridized carbons (Fsp3) is 0.412. The van der Waals surface area contributed by atoms with Gasteiger partial charge in [0.05, 0.1) is 17.4 Å². The van der Waals surface area contributed by atoms with Crippen LogP contribution in [0.25, 0.3) is 0 Å². The number of hydrogen-bond donors (Lipinski definition) is 1. The van der Waals surface area contributed by atoms with Crippen LogP contribution in [0.3, 0.4) is 0 Å². The molecule has 0 saturated carbocycles. The van der Waals surface area contributed by atoms with Gasteiger partial charge in [-0.25, -0.2) is 0 Å². The number of rotatable bonds is 6. The Kier molecular flexibility index (Phi) is 5.71. The zero-order chi connectivity index (χ0) is 15.2. The van der Waals surface area contributed by atoms with Crippen molar-refractivity contribution in [2.75, 3.05) is 6.54 Å². The van der Waals surface area contributed by atoms with Crippen LogP contribution >= 0.6 is 11.6 Å². The van der Waals surface area contributed by atoms with Gasteiger partial charge in [-0.05, 0) is 55.6 Å². The summed E-state index contributed by atoms with van der Waals surface area (Å²) < 4.78 is 0. The third kappa shape index (κ3) is 4.02. The maximum atomic E-state index is 6.01. The molecule has 0 aliphatic heterocycles. The number of halogens is 1. The van der Waals surface area contributed by atoms with Gasteiger partial charge in [0.1, 0.15) is 0 Å². The van der Waals surface area contributed by atoms with Gasteiger partial charge in [0.15, 0.2) is 0 Å². The molecule has 0 saturated heterocycles. The summed E-state index contributed by atoms with van der Waals surface area (Å²) in [5.41, 5.74) is 4.40. The monoisotopic (exact) mass is 303 g/mol. The minimum atomic E-state index is 0.131. The first-order valence-electron chi connectivity index (χ1n) is 7.47. The molecule has 112 valence electrons. The van der Waals surface area contributed by atoms with Gasteiger partial charge in [0.2, 0.25) is 0 Å². The van der Waals surface area contributed by atoms with Crippen molar-refractivity contribution >= 4 is 11.6 Å². The summed E-state index contributed by atoms with van der Waals surface area (Å²) in [6, 6.07) is 10.3. The van der Waals surface area contributed by atoms with Crippen LogP contribution in [0.1, 0.15) is 48.8 Å². The summed E-state index contributed by atoms with van der Waals surface area (Å²) >= 11 is 6.01. The fourth-order valence-electron chi connectivity index (χ4n) is 2.41. The lowest BCUT2D eigenvalue weighted by molar-refractivity contribution is 0.588. The second kappa shape index (κ2) is 7.53. The number of nitrogens with one attached hydrogen (secondary N) is 1. The van der Waals surface area contributed by atoms with Gasteiger partial charge >= 0.3 is 0 Å². The molecule has 1 heterocycles. The molecule has 0 amide bonds. The Hall–Kier alpha value is -1.45. The van der Waals surface area contributed by atoms with Gasteiger partial charge < -0.3 is 5.32 Å². The smallest absolute Gasteiger partial charge is 0.0679 e. The molecule has 0 radical (unpaired) electrons. The Balaban J connectivity index is 2.44. The lowest BCUT2D eigenvalue weighted by Gasteiger charge is -2.21. The van der Waals surface area contributed by atoms with Crippen molar-refractivity contribution in [2.45, 2.75) is 39.7 Å². The Labute approximate surface area is 131 Å². The summed E-state index contributed by atoms with van der Waals surface area (Å²) in [5.74, 6) is 0. The molecule has 1 N–H and O–H groups in total. The van der Waals surface area contributed by atoms with Gasteiger partial charge in [0.25, 0.3) is 0 Å². The van der Waals surface area contributed by atoms with E-state index in [-0.39, 0.29) is 6.04 Å². The van der Waals surface area contributed by atoms with E-state index in [0.717, 1.165) is 35.8 Å². The van der Waals surface area contributed by atoms with Crippen molar-refractivity contribution in [3.63, 3.8) is 0 Å². The molecular formula is C17H22ClN3. The molecule has 0 spiro atoms. The standard InChI is InChI=1S/C17H22ClN3/c1-4-10-19-17(13-6-8-14(18)9-7-13)15-11-12(3)20-21-16(15)5-2/h6-9,11,17,19H,4-5,10H2,1-3H3. The van der Waals surface area contributed by atoms with Crippen LogP contribution < -0.4 is 5.32 Å². The van der Waals surface area contributed by atoms with Crippen LogP contribution in [-0.4, -0.2) is 16.7 Å². The Morgan fingerprint density at radius 2 is 1.86 bits per heavy atom. The minimum Gasteiger partial charge on any atom is -0.306 e. The molecule has 21 heavy (non-hydrogen) atoms. The summed E-state index contributed by atoms with van der Waals surface area (Å²) in [6.07, 6.45) is 1.96. The number of benzene rings is 1. The molecule has 0 fully saturated rings. The van der Waals surface area contributed by atoms with Crippen molar-refractivity contribution in [2.24, 2.45) is 0 Å². The molecule has 0 bridgehead atoms. The highest BCUT2D eigenvalue weighted by molar-refractivity contribution is 6.30. The maximum Gasteiger partial charge on any atom is 0.0679 e. The molecule has 0 aliphatic rings. The summed E-state index contributed by atoms with van der Waals surface area (Å²) in [4.78, 5) is 0. The van der Waals surface area contributed by atoms with Crippen LogP contribution in [0.2, 0.25) is 5.02 Å². The van der Waals surface area contributed by atoms with Gasteiger partial charge in [0, 0.05) is 5.02 Å². The molecule has 2 rings (SSSR count). The van der Waals surface area contributed by atoms with E-state index in [4.69, 9.17) is 11.6 Å². The fourth-order valence-corrected chi connectivity index (χ4v) is 2.54. The predicted octanol–water partition coefficient (Wildman–Crippen LogP) is 4.09. The van der Waals surface area contributed by atoms with Gasteiger partial charge in [-0.1, -0.05) is 37.6 Å². The molecule has 1 aromatic heterocycles. The van der Waals surface area contributed by atoms with Crippen LogP contribution in [0, 0.1) is 6.92 Å². The Morgan fingerprint density at radius 3 is 2.48 bits per heavy atom. The third-order valence-corrected chi connectivity index (χ3v) is 3.73. The van der Waals surface area contributed by atoms with Gasteiger partial charge in [-0.15, -0.1) is 0 Å². The number of nitrogens with zero attached hydrogens (tertiary/aromatic N) is 2. The Morgan fingerprint density at radius 1 is 1.14 bits per heavy atom. The largest absolute Gasteiger partial charge is 0.306 e. The average Bonchev–Trinajstić information content (AvgIpc) is 2.49. The van der Waals surface area contributed by atoms with Crippen molar-refractivity contribution in [3.05, 3.63) is 57.9 Å². The maximum absolute atomic E-state index is 6.01. The number of aryl methyl sites for hydroxylation is 2. The van der Waals surface area contributed by atoms with Crippen molar-refractivity contribution in [3.8, 4) is 0 Å². The summed E-state index contributed by atoms with van der Waals surface area (Å²) in [5, 5.41) is 12.9. The topological polar surface area (TPSA) is 37.8 Å². The van der Waals surface area contributed by atoms with E-state index in [9.17, 15) is 0 Å². The van der Waals surface area contributed by atoms with Crippen molar-refractivity contribution in [1.29, 1.82) is 0 Å². The van der Waals surface area contributed by atoms with Crippen molar-refractivity contribution < 1.29 is 0 Å². The lowest BCUT2D eigenvalue weighted by Crippen LogP contribution is -2.25. The van der Waals surface area contributed by atoms with E-state index >= 15 is 0 Å². The minimum absolute atomic E-state index is 0.131. The predicted molar refractivity (Wildman–Crippen MR) is 87.7 cm³/mol. The van der Waals surface area contributed by atoms with Crippen LogP contribution in [0.15, 0.2) is 30.3 Å². The van der Waals surface area contributed by atoms with E-state index in [0.29, 0.717) is 0 Å². The molecule has 2 aromatic rings. The van der Waals surface area contributed by atoms with Crippen molar-refractivity contribution in [1.82, 2.24) is 15.5 Å². The van der Waals surface area contributed by atoms with E-state index in [1.807, 2.05) is 19.1 Å². The zero-order valence-corrected chi connectivity index (χ0v) is 13.6. The van der Waals surface area contributed by atoms with Crippen LogP contribution in [0.4, 0.5) is 0 Å². The van der Waals surface area contributed by atoms with Crippen LogP contribution in [-0.2, 0) is 6.42 Å². The molecule has 0 aliphatic carbocycles. The zero-order valence-electron chi connectivity index (χ0n) is 12.9. The molecular weight excluding hydrogens is 282 g/mol. The second-order valence-electron chi connectivity index (χ2n) is 5.18. The SMILES string of the molecule is CCCNC(c1ccc(Cl)cc1)c1cc(C)nnc1CC. The first kappa shape index (κ1) is 15.9. The summed E-state index contributed by atoms with van der Waals surface area (Å²) in [6.45, 7) is 7.22. The second-order valence-corrected chi connectivity index (χ2v) is 5.62. The van der Waals surface area contributed by atoms with E-state index in [1.54, 1.807) is 0 Å². The average molecular weight is 304 g/mol. The highest BCUT2D eigenvalue weighted by Gasteiger charge is 2.18. The highest BCUT2D eigenvalue weighted by atomic mass is 35.5. The Bertz CT molecular complexity index is 581. The molecule has 1 aromatic carbocycles. The molecule has 3 nitrogen and oxygen atoms in total. The highest BCUT2D eigenvalue weighted by Crippen LogP contribution is 2.26. The van der Waals surface area contributed by atoms with Gasteiger partial charge in [-0.2, -0.15) is 10.2 Å². The quantitative estimate of drug-likeness (QED) is 0.873. The number of aromatic nitrogens is 2. The molecule has 1 unspecified atom stereocenters. The number of hydrogen-bond acceptors (Lipinski definition) is 3. The van der Waals surface area contributed by atoms with E-state index in [2.05, 4.69) is 47.6 Å². The normalized spacial score (nSPS) is 12.4. The first-order valence-corrected chi connectivity index (χ1v) is 7.85. The van der Waals surface area contributed by atoms with E-state index < -0.39 is 0 Å².